The Bertz CT molecular complexity index is 493. The van der Waals surface area contributed by atoms with Gasteiger partial charge in [-0.05, 0) is 32.8 Å². The molecule has 2 amide bonds. The minimum Gasteiger partial charge on any atom is -0.390 e. The lowest BCUT2D eigenvalue weighted by Gasteiger charge is -2.18. The van der Waals surface area contributed by atoms with Crippen LogP contribution in [0.15, 0.2) is 0 Å². The Morgan fingerprint density at radius 1 is 1.25 bits per heavy atom. The summed E-state index contributed by atoms with van der Waals surface area (Å²) in [4.78, 5) is 26.7. The van der Waals surface area contributed by atoms with Gasteiger partial charge in [-0.1, -0.05) is 6.92 Å². The van der Waals surface area contributed by atoms with Gasteiger partial charge in [-0.15, -0.1) is 11.3 Å². The smallest absolute Gasteiger partial charge is 0.261 e. The van der Waals surface area contributed by atoms with E-state index in [1.54, 1.807) is 11.8 Å². The predicted molar refractivity (Wildman–Crippen MR) is 83.3 cm³/mol. The highest BCUT2D eigenvalue weighted by Crippen LogP contribution is 2.31. The molecule has 20 heavy (non-hydrogen) atoms. The fourth-order valence-corrected chi connectivity index (χ4v) is 2.99. The van der Waals surface area contributed by atoms with Crippen LogP contribution >= 0.6 is 11.3 Å². The van der Waals surface area contributed by atoms with Gasteiger partial charge in [-0.2, -0.15) is 0 Å². The number of nitrogens with one attached hydrogen (secondary N) is 1. The van der Waals surface area contributed by atoms with Gasteiger partial charge in [-0.3, -0.25) is 9.59 Å². The van der Waals surface area contributed by atoms with Crippen molar-refractivity contribution in [1.82, 2.24) is 10.2 Å². The number of carbonyl (C=O) groups is 2. The molecule has 0 atom stereocenters. The Hall–Kier alpha value is -1.56. The zero-order valence-corrected chi connectivity index (χ0v) is 13.4. The molecule has 0 saturated carbocycles. The van der Waals surface area contributed by atoms with Crippen LogP contribution in [0.2, 0.25) is 0 Å². The first-order valence-electron chi connectivity index (χ1n) is 6.94. The topological polar surface area (TPSA) is 75.4 Å². The van der Waals surface area contributed by atoms with E-state index >= 15 is 0 Å². The van der Waals surface area contributed by atoms with Crippen molar-refractivity contribution >= 4 is 28.2 Å². The molecule has 112 valence electrons. The largest absolute Gasteiger partial charge is 0.390 e. The summed E-state index contributed by atoms with van der Waals surface area (Å²) in [5.41, 5.74) is 7.10. The van der Waals surface area contributed by atoms with E-state index in [-0.39, 0.29) is 11.8 Å². The minimum absolute atomic E-state index is 0.101. The predicted octanol–water partition coefficient (Wildman–Crippen LogP) is 2.26. The molecule has 6 heteroatoms. The van der Waals surface area contributed by atoms with Crippen LogP contribution in [0.3, 0.4) is 0 Å². The molecule has 0 fully saturated rings. The molecule has 0 saturated heterocycles. The normalized spacial score (nSPS) is 10.4. The van der Waals surface area contributed by atoms with E-state index in [9.17, 15) is 9.59 Å². The minimum atomic E-state index is -0.153. The van der Waals surface area contributed by atoms with Crippen LogP contribution in [0, 0.1) is 6.92 Å². The third-order valence-electron chi connectivity index (χ3n) is 3.18. The quantitative estimate of drug-likeness (QED) is 0.845. The summed E-state index contributed by atoms with van der Waals surface area (Å²) in [6, 6.07) is 0. The molecule has 0 unspecified atom stereocenters. The Morgan fingerprint density at radius 3 is 2.35 bits per heavy atom. The third kappa shape index (κ3) is 3.30. The van der Waals surface area contributed by atoms with Crippen molar-refractivity contribution in [3.63, 3.8) is 0 Å². The van der Waals surface area contributed by atoms with Crippen LogP contribution in [0.1, 0.15) is 52.8 Å². The maximum absolute atomic E-state index is 12.4. The molecule has 0 aliphatic rings. The molecule has 1 aromatic heterocycles. The van der Waals surface area contributed by atoms with Crippen molar-refractivity contribution in [2.45, 2.75) is 34.1 Å². The molecule has 0 bridgehead atoms. The molecular formula is C14H23N3O2S. The van der Waals surface area contributed by atoms with Gasteiger partial charge in [-0.25, -0.2) is 0 Å². The van der Waals surface area contributed by atoms with Crippen molar-refractivity contribution in [2.24, 2.45) is 0 Å². The highest BCUT2D eigenvalue weighted by Gasteiger charge is 2.25. The maximum atomic E-state index is 12.4. The van der Waals surface area contributed by atoms with Crippen molar-refractivity contribution in [3.05, 3.63) is 16.0 Å². The summed E-state index contributed by atoms with van der Waals surface area (Å²) < 4.78 is 0. The number of rotatable bonds is 6. The maximum Gasteiger partial charge on any atom is 0.261 e. The molecule has 1 heterocycles. The number of anilines is 1. The fourth-order valence-electron chi connectivity index (χ4n) is 2.01. The van der Waals surface area contributed by atoms with Crippen LogP contribution < -0.4 is 11.1 Å². The molecule has 1 aromatic rings. The number of nitrogens with zero attached hydrogens (tertiary/aromatic N) is 1. The number of carbonyl (C=O) groups excluding carboxylic acids is 2. The van der Waals surface area contributed by atoms with Crippen molar-refractivity contribution < 1.29 is 9.59 Å². The Kier molecular flexibility index (Phi) is 6.01. The van der Waals surface area contributed by atoms with Gasteiger partial charge in [0.25, 0.3) is 11.8 Å². The molecule has 0 spiro atoms. The summed E-state index contributed by atoms with van der Waals surface area (Å²) in [6.45, 7) is 9.50. The highest BCUT2D eigenvalue weighted by atomic mass is 32.1. The number of hydrogen-bond donors (Lipinski definition) is 2. The molecule has 0 aromatic carbocycles. The van der Waals surface area contributed by atoms with E-state index in [0.717, 1.165) is 6.42 Å². The van der Waals surface area contributed by atoms with Gasteiger partial charge < -0.3 is 16.0 Å². The van der Waals surface area contributed by atoms with E-state index in [2.05, 4.69) is 5.32 Å². The van der Waals surface area contributed by atoms with Gasteiger partial charge >= 0.3 is 0 Å². The van der Waals surface area contributed by atoms with Crippen molar-refractivity contribution in [3.8, 4) is 0 Å². The average molecular weight is 297 g/mol. The molecule has 0 radical (unpaired) electrons. The van der Waals surface area contributed by atoms with E-state index in [1.807, 2.05) is 20.8 Å². The lowest BCUT2D eigenvalue weighted by molar-refractivity contribution is 0.0774. The van der Waals surface area contributed by atoms with E-state index in [4.69, 9.17) is 5.73 Å². The van der Waals surface area contributed by atoms with E-state index in [1.165, 1.54) is 11.3 Å². The van der Waals surface area contributed by atoms with E-state index in [0.29, 0.717) is 40.6 Å². The van der Waals surface area contributed by atoms with Gasteiger partial charge in [0.05, 0.1) is 15.4 Å². The van der Waals surface area contributed by atoms with Crippen LogP contribution in [0.4, 0.5) is 5.00 Å². The zero-order chi connectivity index (χ0) is 15.3. The van der Waals surface area contributed by atoms with Crippen LogP contribution in [-0.2, 0) is 0 Å². The second kappa shape index (κ2) is 7.28. The van der Waals surface area contributed by atoms with Crippen LogP contribution in [0.5, 0.6) is 0 Å². The lowest BCUT2D eigenvalue weighted by Crippen LogP contribution is -2.31. The number of amides is 2. The first-order chi connectivity index (χ1) is 9.47. The second-order valence-corrected chi connectivity index (χ2v) is 5.58. The fraction of sp³-hybridized carbons (Fsp3) is 0.571. The zero-order valence-electron chi connectivity index (χ0n) is 12.6. The monoisotopic (exact) mass is 297 g/mol. The number of nitrogen functional groups attached to an aromatic ring is 1. The SMILES string of the molecule is CCCNC(=O)c1sc(N)c(C(=O)N(CC)CC)c1C. The standard InChI is InChI=1S/C14H23N3O2S/c1-5-8-16-13(18)11-9(4)10(12(15)20-11)14(19)17(6-2)7-3/h5-8,15H2,1-4H3,(H,16,18). The summed E-state index contributed by atoms with van der Waals surface area (Å²) >= 11 is 1.18. The van der Waals surface area contributed by atoms with Crippen molar-refractivity contribution in [1.29, 1.82) is 0 Å². The molecule has 0 aliphatic carbocycles. The van der Waals surface area contributed by atoms with Crippen LogP contribution in [0.25, 0.3) is 0 Å². The number of nitrogens with two attached hydrogens (primary N) is 1. The van der Waals surface area contributed by atoms with Crippen LogP contribution in [-0.4, -0.2) is 36.3 Å². The third-order valence-corrected chi connectivity index (χ3v) is 4.30. The molecule has 0 aliphatic heterocycles. The average Bonchev–Trinajstić information content (AvgIpc) is 2.72. The summed E-state index contributed by atoms with van der Waals surface area (Å²) in [5.74, 6) is -0.254. The lowest BCUT2D eigenvalue weighted by atomic mass is 10.1. The van der Waals surface area contributed by atoms with Crippen molar-refractivity contribution in [2.75, 3.05) is 25.4 Å². The molecule has 3 N–H and O–H groups in total. The Balaban J connectivity index is 3.09. The second-order valence-electron chi connectivity index (χ2n) is 4.53. The van der Waals surface area contributed by atoms with E-state index < -0.39 is 0 Å². The molecule has 1 rings (SSSR count). The van der Waals surface area contributed by atoms with Gasteiger partial charge in [0.15, 0.2) is 0 Å². The molecular weight excluding hydrogens is 274 g/mol. The van der Waals surface area contributed by atoms with Gasteiger partial charge in [0.2, 0.25) is 0 Å². The van der Waals surface area contributed by atoms with Gasteiger partial charge in [0, 0.05) is 19.6 Å². The first kappa shape index (κ1) is 16.5. The summed E-state index contributed by atoms with van der Waals surface area (Å²) in [6.07, 6.45) is 0.872. The summed E-state index contributed by atoms with van der Waals surface area (Å²) in [5, 5.41) is 3.23. The highest BCUT2D eigenvalue weighted by molar-refractivity contribution is 7.18. The Labute approximate surface area is 124 Å². The summed E-state index contributed by atoms with van der Waals surface area (Å²) in [7, 11) is 0. The number of hydrogen-bond acceptors (Lipinski definition) is 4. The molecule has 5 nitrogen and oxygen atoms in total. The van der Waals surface area contributed by atoms with Gasteiger partial charge in [0.1, 0.15) is 0 Å². The Morgan fingerprint density at radius 2 is 1.85 bits per heavy atom. The number of thiophene rings is 1. The first-order valence-corrected chi connectivity index (χ1v) is 7.75.